The molecule has 1 aromatic carbocycles. The summed E-state index contributed by atoms with van der Waals surface area (Å²) in [6.45, 7) is 5.17. The zero-order valence-corrected chi connectivity index (χ0v) is 12.1. The Hall–Kier alpha value is -1.35. The predicted octanol–water partition coefficient (Wildman–Crippen LogP) is 2.60. The molecule has 0 spiro atoms. The van der Waals surface area contributed by atoms with Crippen LogP contribution < -0.4 is 5.73 Å². The van der Waals surface area contributed by atoms with E-state index in [-0.39, 0.29) is 18.5 Å². The molecule has 1 amide bonds. The van der Waals surface area contributed by atoms with Crippen molar-refractivity contribution >= 4 is 5.91 Å². The minimum atomic E-state index is 0.0660. The summed E-state index contributed by atoms with van der Waals surface area (Å²) < 4.78 is 0. The topological polar surface area (TPSA) is 46.3 Å². The van der Waals surface area contributed by atoms with E-state index in [1.165, 1.54) is 5.56 Å². The van der Waals surface area contributed by atoms with Gasteiger partial charge in [0.15, 0.2) is 0 Å². The minimum Gasteiger partial charge on any atom is -0.338 e. The first-order chi connectivity index (χ1) is 9.22. The third-order valence-electron chi connectivity index (χ3n) is 3.34. The summed E-state index contributed by atoms with van der Waals surface area (Å²) in [4.78, 5) is 14.0. The van der Waals surface area contributed by atoms with Crippen LogP contribution in [0.1, 0.15) is 38.7 Å². The Labute approximate surface area is 116 Å². The molecular weight excluding hydrogens is 236 g/mol. The minimum absolute atomic E-state index is 0.0660. The lowest BCUT2D eigenvalue weighted by Gasteiger charge is -2.31. The number of nitrogens with zero attached hydrogens (tertiary/aromatic N) is 1. The lowest BCUT2D eigenvalue weighted by molar-refractivity contribution is -0.132. The molecule has 1 rings (SSSR count). The van der Waals surface area contributed by atoms with Gasteiger partial charge in [-0.2, -0.15) is 0 Å². The molecule has 1 unspecified atom stereocenters. The van der Waals surface area contributed by atoms with E-state index in [1.807, 2.05) is 23.1 Å². The fraction of sp³-hybridized carbons (Fsp3) is 0.562. The first-order valence-corrected chi connectivity index (χ1v) is 7.26. The van der Waals surface area contributed by atoms with Crippen LogP contribution in [0, 0.1) is 0 Å². The summed E-state index contributed by atoms with van der Waals surface area (Å²) >= 11 is 0. The van der Waals surface area contributed by atoms with Crippen molar-refractivity contribution in [3.8, 4) is 0 Å². The third-order valence-corrected chi connectivity index (χ3v) is 3.34. The molecule has 1 atom stereocenters. The van der Waals surface area contributed by atoms with Gasteiger partial charge in [-0.3, -0.25) is 4.79 Å². The number of amides is 1. The van der Waals surface area contributed by atoms with Gasteiger partial charge in [-0.05, 0) is 24.8 Å². The van der Waals surface area contributed by atoms with Crippen molar-refractivity contribution in [2.45, 2.75) is 45.6 Å². The first kappa shape index (κ1) is 15.7. The van der Waals surface area contributed by atoms with Gasteiger partial charge in [0.1, 0.15) is 0 Å². The van der Waals surface area contributed by atoms with Crippen LogP contribution in [-0.2, 0) is 11.2 Å². The molecule has 1 aromatic rings. The Morgan fingerprint density at radius 1 is 1.21 bits per heavy atom. The number of nitrogens with two attached hydrogens (primary N) is 1. The van der Waals surface area contributed by atoms with Crippen LogP contribution in [0.2, 0.25) is 0 Å². The largest absolute Gasteiger partial charge is 0.338 e. The highest BCUT2D eigenvalue weighted by molar-refractivity contribution is 5.78. The van der Waals surface area contributed by atoms with Crippen molar-refractivity contribution < 1.29 is 4.79 Å². The molecule has 0 aliphatic rings. The molecule has 19 heavy (non-hydrogen) atoms. The smallest absolute Gasteiger partial charge is 0.236 e. The summed E-state index contributed by atoms with van der Waals surface area (Å²) in [5.74, 6) is 0.0660. The van der Waals surface area contributed by atoms with Crippen LogP contribution >= 0.6 is 0 Å². The molecule has 0 aliphatic carbocycles. The molecule has 0 fully saturated rings. The maximum Gasteiger partial charge on any atom is 0.236 e. The van der Waals surface area contributed by atoms with Gasteiger partial charge in [-0.1, -0.05) is 50.6 Å². The van der Waals surface area contributed by atoms with Crippen molar-refractivity contribution in [2.75, 3.05) is 13.1 Å². The van der Waals surface area contributed by atoms with Crippen molar-refractivity contribution in [2.24, 2.45) is 5.73 Å². The summed E-state index contributed by atoms with van der Waals surface area (Å²) in [6, 6.07) is 10.6. The molecule has 0 saturated carbocycles. The van der Waals surface area contributed by atoms with Gasteiger partial charge in [-0.25, -0.2) is 0 Å². The van der Waals surface area contributed by atoms with E-state index < -0.39 is 0 Å². The number of benzene rings is 1. The van der Waals surface area contributed by atoms with Crippen LogP contribution in [0.15, 0.2) is 30.3 Å². The highest BCUT2D eigenvalue weighted by Crippen LogP contribution is 2.15. The van der Waals surface area contributed by atoms with Gasteiger partial charge < -0.3 is 10.6 Å². The maximum absolute atomic E-state index is 12.0. The van der Waals surface area contributed by atoms with Crippen molar-refractivity contribution in [1.29, 1.82) is 0 Å². The summed E-state index contributed by atoms with van der Waals surface area (Å²) in [5, 5.41) is 0. The van der Waals surface area contributed by atoms with Crippen LogP contribution in [0.5, 0.6) is 0 Å². The second kappa shape index (κ2) is 8.70. The molecule has 106 valence electrons. The van der Waals surface area contributed by atoms with Crippen molar-refractivity contribution in [3.63, 3.8) is 0 Å². The highest BCUT2D eigenvalue weighted by atomic mass is 16.2. The Kier molecular flexibility index (Phi) is 7.19. The van der Waals surface area contributed by atoms with Crippen LogP contribution in [0.3, 0.4) is 0 Å². The molecule has 3 heteroatoms. The molecule has 0 bridgehead atoms. The molecule has 0 saturated heterocycles. The van der Waals surface area contributed by atoms with Crippen LogP contribution in [-0.4, -0.2) is 29.9 Å². The number of hydrogen-bond acceptors (Lipinski definition) is 2. The van der Waals surface area contributed by atoms with E-state index in [0.29, 0.717) is 0 Å². The van der Waals surface area contributed by atoms with Gasteiger partial charge in [0.05, 0.1) is 6.54 Å². The van der Waals surface area contributed by atoms with Crippen molar-refractivity contribution in [3.05, 3.63) is 35.9 Å². The molecule has 0 radical (unpaired) electrons. The summed E-state index contributed by atoms with van der Waals surface area (Å²) in [6.07, 6.45) is 4.00. The number of carbonyl (C=O) groups excluding carboxylic acids is 1. The van der Waals surface area contributed by atoms with Gasteiger partial charge in [0.2, 0.25) is 5.91 Å². The standard InChI is InChI=1S/C16H26N2O/c1-3-8-15(12-14-9-6-5-7-10-14)18(11-4-2)16(19)13-17/h5-7,9-10,15H,3-4,8,11-13,17H2,1-2H3. The SMILES string of the molecule is CCCC(Cc1ccccc1)N(CCC)C(=O)CN. The van der Waals surface area contributed by atoms with E-state index in [4.69, 9.17) is 5.73 Å². The first-order valence-electron chi connectivity index (χ1n) is 7.26. The molecular formula is C16H26N2O. The second-order valence-corrected chi connectivity index (χ2v) is 4.92. The summed E-state index contributed by atoms with van der Waals surface area (Å²) in [7, 11) is 0. The van der Waals surface area contributed by atoms with Gasteiger partial charge in [0.25, 0.3) is 0 Å². The molecule has 0 aromatic heterocycles. The number of hydrogen-bond donors (Lipinski definition) is 1. The molecule has 0 heterocycles. The Bertz CT molecular complexity index is 364. The monoisotopic (exact) mass is 262 g/mol. The van der Waals surface area contributed by atoms with Gasteiger partial charge in [-0.15, -0.1) is 0 Å². The van der Waals surface area contributed by atoms with Gasteiger partial charge >= 0.3 is 0 Å². The Morgan fingerprint density at radius 3 is 2.42 bits per heavy atom. The Morgan fingerprint density at radius 2 is 1.89 bits per heavy atom. The van der Waals surface area contributed by atoms with E-state index in [2.05, 4.69) is 26.0 Å². The lowest BCUT2D eigenvalue weighted by atomic mass is 10.00. The van der Waals surface area contributed by atoms with Crippen LogP contribution in [0.25, 0.3) is 0 Å². The summed E-state index contributed by atoms with van der Waals surface area (Å²) in [5.41, 5.74) is 6.82. The van der Waals surface area contributed by atoms with E-state index in [1.54, 1.807) is 0 Å². The zero-order chi connectivity index (χ0) is 14.1. The average molecular weight is 262 g/mol. The third kappa shape index (κ3) is 5.03. The fourth-order valence-electron chi connectivity index (χ4n) is 2.46. The molecule has 2 N–H and O–H groups in total. The molecule has 0 aliphatic heterocycles. The highest BCUT2D eigenvalue weighted by Gasteiger charge is 2.21. The number of rotatable bonds is 8. The normalized spacial score (nSPS) is 12.2. The average Bonchev–Trinajstić information content (AvgIpc) is 2.45. The van der Waals surface area contributed by atoms with Crippen LogP contribution in [0.4, 0.5) is 0 Å². The predicted molar refractivity (Wildman–Crippen MR) is 79.9 cm³/mol. The second-order valence-electron chi connectivity index (χ2n) is 4.92. The zero-order valence-electron chi connectivity index (χ0n) is 12.1. The van der Waals surface area contributed by atoms with Crippen molar-refractivity contribution in [1.82, 2.24) is 4.90 Å². The molecule has 3 nitrogen and oxygen atoms in total. The van der Waals surface area contributed by atoms with E-state index in [0.717, 1.165) is 32.2 Å². The van der Waals surface area contributed by atoms with E-state index in [9.17, 15) is 4.79 Å². The Balaban J connectivity index is 2.80. The maximum atomic E-state index is 12.0. The number of carbonyl (C=O) groups is 1. The van der Waals surface area contributed by atoms with Gasteiger partial charge in [0, 0.05) is 12.6 Å². The lowest BCUT2D eigenvalue weighted by Crippen LogP contribution is -2.45. The fourth-order valence-corrected chi connectivity index (χ4v) is 2.46. The van der Waals surface area contributed by atoms with E-state index >= 15 is 0 Å². The quantitative estimate of drug-likeness (QED) is 0.782.